The third-order valence-electron chi connectivity index (χ3n) is 3.64. The van der Waals surface area contributed by atoms with Gasteiger partial charge >= 0.3 is 0 Å². The summed E-state index contributed by atoms with van der Waals surface area (Å²) in [5.41, 5.74) is 4.43. The molecule has 1 aromatic carbocycles. The van der Waals surface area contributed by atoms with Gasteiger partial charge in [-0.25, -0.2) is 0 Å². The Morgan fingerprint density at radius 3 is 2.80 bits per heavy atom. The van der Waals surface area contributed by atoms with Crippen LogP contribution in [0.3, 0.4) is 0 Å². The van der Waals surface area contributed by atoms with E-state index in [0.717, 1.165) is 22.0 Å². The average molecular weight is 263 g/mol. The first-order valence-corrected chi connectivity index (χ1v) is 6.76. The summed E-state index contributed by atoms with van der Waals surface area (Å²) < 4.78 is 0. The predicted octanol–water partition coefficient (Wildman–Crippen LogP) is 3.58. The highest BCUT2D eigenvalue weighted by Crippen LogP contribution is 2.27. The third kappa shape index (κ3) is 2.28. The van der Waals surface area contributed by atoms with Crippen LogP contribution in [-0.2, 0) is 0 Å². The van der Waals surface area contributed by atoms with E-state index in [2.05, 4.69) is 52.5 Å². The first-order valence-electron chi connectivity index (χ1n) is 6.76. The number of nitrogens with zero attached hydrogens (tertiary/aromatic N) is 2. The lowest BCUT2D eigenvalue weighted by atomic mass is 10.0. The van der Waals surface area contributed by atoms with Crippen LogP contribution in [0.15, 0.2) is 55.0 Å². The summed E-state index contributed by atoms with van der Waals surface area (Å²) in [6.07, 6.45) is 5.64. The van der Waals surface area contributed by atoms with Gasteiger partial charge in [0.1, 0.15) is 0 Å². The Hall–Kier alpha value is -2.26. The van der Waals surface area contributed by atoms with E-state index in [1.807, 2.05) is 31.7 Å². The molecule has 2 aromatic heterocycles. The van der Waals surface area contributed by atoms with Crippen molar-refractivity contribution in [3.8, 4) is 11.1 Å². The van der Waals surface area contributed by atoms with E-state index in [0.29, 0.717) is 0 Å². The summed E-state index contributed by atoms with van der Waals surface area (Å²) in [4.78, 5) is 8.88. The molecule has 20 heavy (non-hydrogen) atoms. The fourth-order valence-corrected chi connectivity index (χ4v) is 2.35. The molecule has 3 rings (SSSR count). The first kappa shape index (κ1) is 12.8. The lowest BCUT2D eigenvalue weighted by Crippen LogP contribution is -2.12. The number of benzene rings is 1. The van der Waals surface area contributed by atoms with Crippen molar-refractivity contribution in [3.63, 3.8) is 0 Å². The normalized spacial score (nSPS) is 12.5. The Morgan fingerprint density at radius 1 is 1.10 bits per heavy atom. The molecule has 1 unspecified atom stereocenters. The third-order valence-corrected chi connectivity index (χ3v) is 3.64. The zero-order valence-electron chi connectivity index (χ0n) is 11.7. The highest BCUT2D eigenvalue weighted by atomic mass is 14.9. The van der Waals surface area contributed by atoms with E-state index < -0.39 is 0 Å². The van der Waals surface area contributed by atoms with E-state index in [-0.39, 0.29) is 6.04 Å². The number of rotatable bonds is 3. The smallest absolute Gasteiger partial charge is 0.0780 e. The highest BCUT2D eigenvalue weighted by Gasteiger charge is 2.08. The fraction of sp³-hybridized carbons (Fsp3) is 0.176. The van der Waals surface area contributed by atoms with Gasteiger partial charge in [-0.15, -0.1) is 0 Å². The van der Waals surface area contributed by atoms with Crippen LogP contribution in [0.4, 0.5) is 0 Å². The number of fused-ring (bicyclic) bond motifs is 1. The van der Waals surface area contributed by atoms with Crippen LogP contribution < -0.4 is 5.32 Å². The molecular formula is C17H17N3. The molecule has 0 aliphatic rings. The molecule has 3 aromatic rings. The van der Waals surface area contributed by atoms with E-state index in [4.69, 9.17) is 0 Å². The van der Waals surface area contributed by atoms with Crippen LogP contribution in [0.5, 0.6) is 0 Å². The lowest BCUT2D eigenvalue weighted by Gasteiger charge is -2.12. The minimum absolute atomic E-state index is 0.283. The predicted molar refractivity (Wildman–Crippen MR) is 82.4 cm³/mol. The maximum Gasteiger partial charge on any atom is 0.0780 e. The van der Waals surface area contributed by atoms with Crippen molar-refractivity contribution in [1.82, 2.24) is 15.3 Å². The molecule has 0 saturated heterocycles. The fourth-order valence-electron chi connectivity index (χ4n) is 2.35. The summed E-state index contributed by atoms with van der Waals surface area (Å²) in [5, 5.41) is 4.39. The molecule has 1 N–H and O–H groups in total. The molecule has 0 spiro atoms. The van der Waals surface area contributed by atoms with Gasteiger partial charge in [0, 0.05) is 41.1 Å². The Labute approximate surface area is 118 Å². The first-order chi connectivity index (χ1) is 9.79. The number of aromatic nitrogens is 2. The second-order valence-electron chi connectivity index (χ2n) is 4.90. The summed E-state index contributed by atoms with van der Waals surface area (Å²) in [6, 6.07) is 12.7. The summed E-state index contributed by atoms with van der Waals surface area (Å²) >= 11 is 0. The highest BCUT2D eigenvalue weighted by molar-refractivity contribution is 5.93. The maximum atomic E-state index is 4.51. The van der Waals surface area contributed by atoms with Crippen molar-refractivity contribution < 1.29 is 0 Å². The van der Waals surface area contributed by atoms with Crippen LogP contribution >= 0.6 is 0 Å². The second-order valence-corrected chi connectivity index (χ2v) is 4.90. The van der Waals surface area contributed by atoms with Gasteiger partial charge in [-0.3, -0.25) is 9.97 Å². The van der Waals surface area contributed by atoms with Gasteiger partial charge in [0.05, 0.1) is 5.52 Å². The molecule has 0 fully saturated rings. The minimum atomic E-state index is 0.283. The van der Waals surface area contributed by atoms with Crippen LogP contribution in [0.25, 0.3) is 22.0 Å². The largest absolute Gasteiger partial charge is 0.313 e. The average Bonchev–Trinajstić information content (AvgIpc) is 2.53. The van der Waals surface area contributed by atoms with Crippen LogP contribution in [-0.4, -0.2) is 17.0 Å². The molecule has 0 saturated carbocycles. The minimum Gasteiger partial charge on any atom is -0.313 e. The van der Waals surface area contributed by atoms with Crippen molar-refractivity contribution in [2.75, 3.05) is 7.05 Å². The van der Waals surface area contributed by atoms with Gasteiger partial charge in [0.2, 0.25) is 0 Å². The number of pyridine rings is 2. The zero-order valence-corrected chi connectivity index (χ0v) is 11.7. The van der Waals surface area contributed by atoms with Gasteiger partial charge < -0.3 is 5.32 Å². The topological polar surface area (TPSA) is 37.8 Å². The number of hydrogen-bond donors (Lipinski definition) is 1. The molecule has 0 aliphatic heterocycles. The molecule has 3 nitrogen and oxygen atoms in total. The molecule has 0 bridgehead atoms. The standard InChI is InChI=1S/C17H17N3/c1-12(18-2)14-9-15(11-19-10-14)16-7-3-5-13-6-4-8-20-17(13)16/h3-12,18H,1-2H3. The van der Waals surface area contributed by atoms with Crippen molar-refractivity contribution >= 4 is 10.9 Å². The van der Waals surface area contributed by atoms with Gasteiger partial charge in [-0.2, -0.15) is 0 Å². The molecule has 0 amide bonds. The molecule has 0 aliphatic carbocycles. The van der Waals surface area contributed by atoms with Crippen molar-refractivity contribution in [1.29, 1.82) is 0 Å². The number of para-hydroxylation sites is 1. The van der Waals surface area contributed by atoms with Crippen molar-refractivity contribution in [3.05, 3.63) is 60.6 Å². The molecule has 0 radical (unpaired) electrons. The van der Waals surface area contributed by atoms with Crippen LogP contribution in [0.1, 0.15) is 18.5 Å². The lowest BCUT2D eigenvalue weighted by molar-refractivity contribution is 0.650. The Morgan fingerprint density at radius 2 is 1.95 bits per heavy atom. The van der Waals surface area contributed by atoms with E-state index >= 15 is 0 Å². The van der Waals surface area contributed by atoms with Crippen LogP contribution in [0, 0.1) is 0 Å². The molecular weight excluding hydrogens is 246 g/mol. The van der Waals surface area contributed by atoms with Gasteiger partial charge in [0.15, 0.2) is 0 Å². The zero-order chi connectivity index (χ0) is 13.9. The molecule has 3 heteroatoms. The Kier molecular flexibility index (Phi) is 3.44. The number of nitrogens with one attached hydrogen (secondary N) is 1. The molecule has 100 valence electrons. The van der Waals surface area contributed by atoms with E-state index in [1.165, 1.54) is 5.56 Å². The summed E-state index contributed by atoms with van der Waals surface area (Å²) in [6.45, 7) is 2.13. The number of hydrogen-bond acceptors (Lipinski definition) is 3. The van der Waals surface area contributed by atoms with Crippen LogP contribution in [0.2, 0.25) is 0 Å². The van der Waals surface area contributed by atoms with Gasteiger partial charge in [-0.1, -0.05) is 24.3 Å². The van der Waals surface area contributed by atoms with Crippen molar-refractivity contribution in [2.45, 2.75) is 13.0 Å². The summed E-state index contributed by atoms with van der Waals surface area (Å²) in [5.74, 6) is 0. The maximum absolute atomic E-state index is 4.51. The summed E-state index contributed by atoms with van der Waals surface area (Å²) in [7, 11) is 1.96. The molecule has 1 atom stereocenters. The van der Waals surface area contributed by atoms with Gasteiger partial charge in [-0.05, 0) is 31.7 Å². The quantitative estimate of drug-likeness (QED) is 0.785. The Balaban J connectivity index is 2.16. The monoisotopic (exact) mass is 263 g/mol. The SMILES string of the molecule is CNC(C)c1cncc(-c2cccc3cccnc23)c1. The van der Waals surface area contributed by atoms with Crippen molar-refractivity contribution in [2.24, 2.45) is 0 Å². The van der Waals surface area contributed by atoms with Gasteiger partial charge in [0.25, 0.3) is 0 Å². The second kappa shape index (κ2) is 5.39. The molecule has 2 heterocycles. The van der Waals surface area contributed by atoms with E-state index in [9.17, 15) is 0 Å². The van der Waals surface area contributed by atoms with E-state index in [1.54, 1.807) is 0 Å². The Bertz CT molecular complexity index is 732.